The summed E-state index contributed by atoms with van der Waals surface area (Å²) in [4.78, 5) is 89.5. The molecule has 4 fully saturated rings. The number of imidazole rings is 4. The predicted octanol–water partition coefficient (Wildman–Crippen LogP) is 16.0. The zero-order chi connectivity index (χ0) is 66.6. The summed E-state index contributed by atoms with van der Waals surface area (Å²) in [6, 6.07) is 27.2. The highest BCUT2D eigenvalue weighted by Crippen LogP contribution is 2.38. The maximum absolute atomic E-state index is 12.8. The lowest BCUT2D eigenvalue weighted by Crippen LogP contribution is -2.36. The number of hydrogen-bond donors (Lipinski definition) is 4. The van der Waals surface area contributed by atoms with Gasteiger partial charge in [-0.25, -0.2) is 39.1 Å². The fourth-order valence-electron chi connectivity index (χ4n) is 11.7. The minimum absolute atomic E-state index is 0.0407. The average Bonchev–Trinajstić information content (AvgIpc) is 1.68. The number of ether oxygens (including phenoxy) is 4. The molecule has 21 heteroatoms. The molecule has 4 atom stereocenters. The van der Waals surface area contributed by atoms with Gasteiger partial charge < -0.3 is 38.9 Å². The standard InChI is InChI=1S/C36H42N6O4.C20H23N3O2.C16H20BrN3O2/c1-35(2,3)45-33(43)41-19-7-9-29(41)31-37-22-28(40-31)25-16-13-23(14-17-25)11-12-24-15-18-26-27(21-24)39-32(38-26)30-10-8-20-42(30)34(44)46-36(4,5)6;1-5-14-8-10-15(11-9-14)16-13-21-18(22-16)17-7-6-12-23(17)19(24)25-20(2,3)4;1-16(2,3)22-15(21)20-8-4-5-13(20)14-18-11-7-6-10(17)9-12(11)19-14/h13-18,21-22,29-30H,7-10,19-20H2,1-6H3,(H,37,40)(H,38,39);1,8-11,13,17H,6-7,12H2,2-4H3,(H,21,22);6-7,9,13H,4-5,8H2,1-3H3,(H,18,19). The summed E-state index contributed by atoms with van der Waals surface area (Å²) in [6.45, 7) is 25.3. The van der Waals surface area contributed by atoms with Crippen LogP contribution in [0.15, 0.2) is 102 Å². The van der Waals surface area contributed by atoms with Crippen molar-refractivity contribution in [1.29, 1.82) is 0 Å². The molecule has 20 nitrogen and oxygen atoms in total. The van der Waals surface area contributed by atoms with Gasteiger partial charge in [0, 0.05) is 47.3 Å². The summed E-state index contributed by atoms with van der Waals surface area (Å²) in [6.07, 6.45) is 15.0. The van der Waals surface area contributed by atoms with Crippen LogP contribution < -0.4 is 0 Å². The Bertz CT molecular complexity index is 4080. The normalized spacial score (nSPS) is 18.3. The molecule has 12 rings (SSSR count). The predicted molar refractivity (Wildman–Crippen MR) is 362 cm³/mol. The second kappa shape index (κ2) is 27.6. The van der Waals surface area contributed by atoms with E-state index in [1.54, 1.807) is 25.8 Å². The first kappa shape index (κ1) is 66.8. The van der Waals surface area contributed by atoms with Crippen LogP contribution >= 0.6 is 15.9 Å². The van der Waals surface area contributed by atoms with Crippen molar-refractivity contribution in [3.05, 3.63) is 142 Å². The van der Waals surface area contributed by atoms with Gasteiger partial charge in [0.05, 0.1) is 70.0 Å². The van der Waals surface area contributed by atoms with Crippen molar-refractivity contribution in [3.8, 4) is 46.7 Å². The van der Waals surface area contributed by atoms with Gasteiger partial charge in [-0.15, -0.1) is 6.42 Å². The molecule has 4 saturated heterocycles. The molecule has 4 unspecified atom stereocenters. The maximum Gasteiger partial charge on any atom is 0.410 e. The summed E-state index contributed by atoms with van der Waals surface area (Å²) >= 11 is 3.46. The molecule has 93 heavy (non-hydrogen) atoms. The Hall–Kier alpha value is -9.08. The van der Waals surface area contributed by atoms with E-state index in [9.17, 15) is 19.2 Å². The Balaban J connectivity index is 0.000000169. The third-order valence-corrected chi connectivity index (χ3v) is 16.3. The van der Waals surface area contributed by atoms with E-state index in [0.717, 1.165) is 140 Å². The van der Waals surface area contributed by atoms with Crippen molar-refractivity contribution in [1.82, 2.24) is 59.5 Å². The molecule has 8 heterocycles. The van der Waals surface area contributed by atoms with Gasteiger partial charge in [0.15, 0.2) is 0 Å². The Kier molecular flexibility index (Phi) is 19.9. The molecule has 8 aromatic rings. The van der Waals surface area contributed by atoms with Crippen molar-refractivity contribution in [2.24, 2.45) is 0 Å². The number of hydrogen-bond acceptors (Lipinski definition) is 12. The van der Waals surface area contributed by atoms with Crippen LogP contribution in [0.2, 0.25) is 0 Å². The summed E-state index contributed by atoms with van der Waals surface area (Å²) < 4.78 is 23.3. The smallest absolute Gasteiger partial charge is 0.410 e. The molecule has 4 aromatic carbocycles. The Morgan fingerprint density at radius 3 is 1.16 bits per heavy atom. The number of fused-ring (bicyclic) bond motifs is 2. The van der Waals surface area contributed by atoms with Crippen LogP contribution in [-0.4, -0.2) is 132 Å². The van der Waals surface area contributed by atoms with E-state index in [1.807, 2.05) is 174 Å². The molecule has 4 aliphatic heterocycles. The lowest BCUT2D eigenvalue weighted by Gasteiger charge is -2.27. The molecular formula is C72H85BrN12O8. The van der Waals surface area contributed by atoms with Gasteiger partial charge in [-0.1, -0.05) is 58.0 Å². The molecule has 4 aromatic heterocycles. The lowest BCUT2D eigenvalue weighted by molar-refractivity contribution is 0.0208. The number of carbonyl (C=O) groups excluding carboxylic acids is 4. The molecular weight excluding hydrogens is 1240 g/mol. The van der Waals surface area contributed by atoms with Crippen molar-refractivity contribution in [2.75, 3.05) is 26.2 Å². The number of aromatic amines is 4. The number of terminal acetylenes is 1. The molecule has 0 bridgehead atoms. The first-order chi connectivity index (χ1) is 44.0. The van der Waals surface area contributed by atoms with Crippen LogP contribution in [0.3, 0.4) is 0 Å². The van der Waals surface area contributed by atoms with Crippen LogP contribution in [0, 0.1) is 24.2 Å². The highest BCUT2D eigenvalue weighted by atomic mass is 79.9. The SMILES string of the molecule is C#Cc1ccc(-c2cnc(C3CCCN3C(=O)OC(C)(C)C)[nH]2)cc1.CC(C)(C)OC(=O)N1CCCC1c1nc2ccc(Br)cc2[nH]1.CC(C)(C)OC(=O)N1CCCC1c1ncc(-c2ccc(C#Cc3ccc4nc(C5CCCN5C(=O)OC(C)(C)C)[nH]c4c3)cc2)[nH]1. The van der Waals surface area contributed by atoms with Crippen LogP contribution in [-0.2, 0) is 18.9 Å². The number of nitrogens with zero attached hydrogens (tertiary/aromatic N) is 8. The van der Waals surface area contributed by atoms with Gasteiger partial charge in [0.2, 0.25) is 0 Å². The number of rotatable bonds is 6. The first-order valence-corrected chi connectivity index (χ1v) is 32.8. The van der Waals surface area contributed by atoms with E-state index in [1.165, 1.54) is 0 Å². The number of halogens is 1. The van der Waals surface area contributed by atoms with Crippen LogP contribution in [0.5, 0.6) is 0 Å². The van der Waals surface area contributed by atoms with E-state index in [4.69, 9.17) is 30.4 Å². The molecule has 0 saturated carbocycles. The van der Waals surface area contributed by atoms with Crippen molar-refractivity contribution in [2.45, 2.75) is 181 Å². The largest absolute Gasteiger partial charge is 0.444 e. The summed E-state index contributed by atoms with van der Waals surface area (Å²) in [5, 5.41) is 0. The fraction of sp³-hybridized carbons (Fsp3) is 0.444. The Morgan fingerprint density at radius 2 is 0.785 bits per heavy atom. The van der Waals surface area contributed by atoms with Crippen LogP contribution in [0.25, 0.3) is 44.6 Å². The minimum Gasteiger partial charge on any atom is -0.444 e. The molecule has 4 aliphatic rings. The number of benzene rings is 4. The van der Waals surface area contributed by atoms with Gasteiger partial charge in [0.1, 0.15) is 45.7 Å². The summed E-state index contributed by atoms with van der Waals surface area (Å²) in [5.74, 6) is 12.3. The number of H-pyrrole nitrogens is 4. The average molecular weight is 1330 g/mol. The van der Waals surface area contributed by atoms with E-state index in [2.05, 4.69) is 68.6 Å². The molecule has 4 amide bonds. The van der Waals surface area contributed by atoms with Gasteiger partial charge >= 0.3 is 24.4 Å². The first-order valence-electron chi connectivity index (χ1n) is 32.0. The molecule has 488 valence electrons. The molecule has 0 radical (unpaired) electrons. The zero-order valence-corrected chi connectivity index (χ0v) is 56.9. The van der Waals surface area contributed by atoms with Crippen molar-refractivity contribution in [3.63, 3.8) is 0 Å². The van der Waals surface area contributed by atoms with Crippen LogP contribution in [0.4, 0.5) is 19.2 Å². The number of aromatic nitrogens is 8. The van der Waals surface area contributed by atoms with Crippen LogP contribution in [0.1, 0.15) is 199 Å². The molecule has 0 spiro atoms. The Labute approximate surface area is 552 Å². The number of likely N-dealkylation sites (tertiary alicyclic amines) is 4. The highest BCUT2D eigenvalue weighted by molar-refractivity contribution is 9.10. The second-order valence-corrected chi connectivity index (χ2v) is 28.8. The zero-order valence-electron chi connectivity index (χ0n) is 55.3. The number of amides is 4. The highest BCUT2D eigenvalue weighted by Gasteiger charge is 2.39. The topological polar surface area (TPSA) is 233 Å². The van der Waals surface area contributed by atoms with E-state index in [-0.39, 0.29) is 48.5 Å². The maximum atomic E-state index is 12.8. The molecule has 0 aliphatic carbocycles. The van der Waals surface area contributed by atoms with Crippen molar-refractivity contribution >= 4 is 62.4 Å². The number of nitrogens with one attached hydrogen (secondary N) is 4. The third kappa shape index (κ3) is 17.2. The monoisotopic (exact) mass is 1320 g/mol. The molecule has 4 N–H and O–H groups in total. The number of carbonyl (C=O) groups is 4. The quantitative estimate of drug-likeness (QED) is 0.0899. The summed E-state index contributed by atoms with van der Waals surface area (Å²) in [7, 11) is 0. The van der Waals surface area contributed by atoms with E-state index >= 15 is 0 Å². The van der Waals surface area contributed by atoms with Crippen molar-refractivity contribution < 1.29 is 38.1 Å². The van der Waals surface area contributed by atoms with E-state index < -0.39 is 22.4 Å². The van der Waals surface area contributed by atoms with Gasteiger partial charge in [-0.2, -0.15) is 0 Å². The van der Waals surface area contributed by atoms with Gasteiger partial charge in [0.25, 0.3) is 0 Å². The summed E-state index contributed by atoms with van der Waals surface area (Å²) in [5.41, 5.74) is 7.94. The second-order valence-electron chi connectivity index (χ2n) is 27.9. The minimum atomic E-state index is -0.545. The van der Waals surface area contributed by atoms with E-state index in [0.29, 0.717) is 26.2 Å². The third-order valence-electron chi connectivity index (χ3n) is 15.8. The van der Waals surface area contributed by atoms with Gasteiger partial charge in [-0.3, -0.25) is 19.6 Å². The van der Waals surface area contributed by atoms with Gasteiger partial charge in [-0.05, 0) is 206 Å². The lowest BCUT2D eigenvalue weighted by atomic mass is 10.1. The fourth-order valence-corrected chi connectivity index (χ4v) is 12.1. The Morgan fingerprint density at radius 1 is 0.452 bits per heavy atom.